The van der Waals surface area contributed by atoms with Gasteiger partial charge in [0.25, 0.3) is 0 Å². The van der Waals surface area contributed by atoms with Crippen molar-refractivity contribution in [1.29, 1.82) is 0 Å². The van der Waals surface area contributed by atoms with Crippen LogP contribution in [0.1, 0.15) is 37.3 Å². The molecular formula is C22H25FN2O2. The summed E-state index contributed by atoms with van der Waals surface area (Å²) in [5.74, 6) is 0.294. The number of halogens is 1. The van der Waals surface area contributed by atoms with Crippen LogP contribution in [-0.4, -0.2) is 24.5 Å². The van der Waals surface area contributed by atoms with Crippen molar-refractivity contribution in [3.63, 3.8) is 0 Å². The number of H-pyrrole nitrogens is 1. The summed E-state index contributed by atoms with van der Waals surface area (Å²) in [5, 5.41) is 3.87. The van der Waals surface area contributed by atoms with Gasteiger partial charge in [-0.25, -0.2) is 4.39 Å². The molecule has 5 heteroatoms. The number of hydrogen-bond donors (Lipinski definition) is 2. The summed E-state index contributed by atoms with van der Waals surface area (Å²) in [5.41, 5.74) is 2.32. The van der Waals surface area contributed by atoms with Gasteiger partial charge in [-0.15, -0.1) is 0 Å². The normalized spacial score (nSPS) is 12.3. The van der Waals surface area contributed by atoms with Gasteiger partial charge in [-0.1, -0.05) is 32.0 Å². The van der Waals surface area contributed by atoms with Crippen molar-refractivity contribution < 1.29 is 13.9 Å². The maximum Gasteiger partial charge on any atom is 0.220 e. The quantitative estimate of drug-likeness (QED) is 0.640. The van der Waals surface area contributed by atoms with Crippen LogP contribution in [0, 0.1) is 11.7 Å². The second-order valence-electron chi connectivity index (χ2n) is 7.13. The standard InChI is InChI=1S/C22H25FN2O2/c1-14(2)12-25-22(26)11-17(16-6-4-5-7-20(16)23)19-13-24-21-9-8-15(27-3)10-18(19)21/h4-10,13-14,17,24H,11-12H2,1-3H3,(H,25,26). The lowest BCUT2D eigenvalue weighted by molar-refractivity contribution is -0.121. The summed E-state index contributed by atoms with van der Waals surface area (Å²) in [4.78, 5) is 15.8. The minimum absolute atomic E-state index is 0.0887. The number of aromatic amines is 1. The van der Waals surface area contributed by atoms with Crippen molar-refractivity contribution >= 4 is 16.8 Å². The van der Waals surface area contributed by atoms with Gasteiger partial charge in [-0.2, -0.15) is 0 Å². The summed E-state index contributed by atoms with van der Waals surface area (Å²) in [6.45, 7) is 4.69. The van der Waals surface area contributed by atoms with Crippen molar-refractivity contribution in [2.75, 3.05) is 13.7 Å². The van der Waals surface area contributed by atoms with Gasteiger partial charge in [0.2, 0.25) is 5.91 Å². The van der Waals surface area contributed by atoms with E-state index in [4.69, 9.17) is 4.74 Å². The fraction of sp³-hybridized carbons (Fsp3) is 0.318. The highest BCUT2D eigenvalue weighted by molar-refractivity contribution is 5.87. The Morgan fingerprint density at radius 3 is 2.67 bits per heavy atom. The number of carbonyl (C=O) groups is 1. The van der Waals surface area contributed by atoms with E-state index in [2.05, 4.69) is 10.3 Å². The molecule has 1 heterocycles. The van der Waals surface area contributed by atoms with E-state index in [-0.39, 0.29) is 24.1 Å². The first-order valence-corrected chi connectivity index (χ1v) is 9.15. The third-order valence-corrected chi connectivity index (χ3v) is 4.67. The van der Waals surface area contributed by atoms with Crippen molar-refractivity contribution in [3.05, 3.63) is 65.6 Å². The molecular weight excluding hydrogens is 343 g/mol. The molecule has 1 aromatic heterocycles. The van der Waals surface area contributed by atoms with Gasteiger partial charge in [0.1, 0.15) is 11.6 Å². The maximum atomic E-state index is 14.6. The third-order valence-electron chi connectivity index (χ3n) is 4.67. The lowest BCUT2D eigenvalue weighted by Crippen LogP contribution is -2.29. The molecule has 142 valence electrons. The van der Waals surface area contributed by atoms with Gasteiger partial charge in [0.05, 0.1) is 7.11 Å². The minimum Gasteiger partial charge on any atom is -0.497 e. The van der Waals surface area contributed by atoms with Crippen molar-refractivity contribution in [2.45, 2.75) is 26.2 Å². The molecule has 0 aliphatic rings. The first kappa shape index (κ1) is 19.0. The lowest BCUT2D eigenvalue weighted by atomic mass is 9.87. The molecule has 0 spiro atoms. The number of ether oxygens (including phenoxy) is 1. The molecule has 2 N–H and O–H groups in total. The van der Waals surface area contributed by atoms with Crippen LogP contribution in [0.2, 0.25) is 0 Å². The van der Waals surface area contributed by atoms with Crippen LogP contribution in [0.5, 0.6) is 5.75 Å². The van der Waals surface area contributed by atoms with Crippen LogP contribution in [0.15, 0.2) is 48.7 Å². The Labute approximate surface area is 158 Å². The summed E-state index contributed by atoms with van der Waals surface area (Å²) in [6, 6.07) is 12.4. The molecule has 0 aliphatic carbocycles. The Bertz CT molecular complexity index is 933. The highest BCUT2D eigenvalue weighted by Crippen LogP contribution is 2.36. The molecule has 27 heavy (non-hydrogen) atoms. The monoisotopic (exact) mass is 368 g/mol. The highest BCUT2D eigenvalue weighted by Gasteiger charge is 2.24. The molecule has 4 nitrogen and oxygen atoms in total. The van der Waals surface area contributed by atoms with E-state index in [0.717, 1.165) is 22.2 Å². The highest BCUT2D eigenvalue weighted by atomic mass is 19.1. The summed E-state index contributed by atoms with van der Waals surface area (Å²) in [7, 11) is 1.61. The van der Waals surface area contributed by atoms with E-state index < -0.39 is 0 Å². The SMILES string of the molecule is COc1ccc2[nH]cc(C(CC(=O)NCC(C)C)c3ccccc3F)c2c1. The number of fused-ring (bicyclic) bond motifs is 1. The zero-order valence-electron chi connectivity index (χ0n) is 15.9. The van der Waals surface area contributed by atoms with Crippen LogP contribution < -0.4 is 10.1 Å². The second kappa shape index (κ2) is 8.25. The summed E-state index contributed by atoms with van der Waals surface area (Å²) in [6.07, 6.45) is 2.04. The Balaban J connectivity index is 2.02. The van der Waals surface area contributed by atoms with Crippen LogP contribution in [0.4, 0.5) is 4.39 Å². The van der Waals surface area contributed by atoms with E-state index in [1.54, 1.807) is 25.3 Å². The van der Waals surface area contributed by atoms with Crippen molar-refractivity contribution in [3.8, 4) is 5.75 Å². The average molecular weight is 368 g/mol. The first-order chi connectivity index (χ1) is 13.0. The molecule has 0 radical (unpaired) electrons. The zero-order chi connectivity index (χ0) is 19.4. The number of amides is 1. The molecule has 0 saturated heterocycles. The van der Waals surface area contributed by atoms with Crippen LogP contribution in [0.25, 0.3) is 10.9 Å². The van der Waals surface area contributed by atoms with E-state index in [1.165, 1.54) is 6.07 Å². The molecule has 2 aromatic carbocycles. The fourth-order valence-electron chi connectivity index (χ4n) is 3.26. The maximum absolute atomic E-state index is 14.6. The second-order valence-corrected chi connectivity index (χ2v) is 7.13. The van der Waals surface area contributed by atoms with Gasteiger partial charge in [0.15, 0.2) is 0 Å². The van der Waals surface area contributed by atoms with E-state index in [9.17, 15) is 9.18 Å². The van der Waals surface area contributed by atoms with Crippen molar-refractivity contribution in [2.24, 2.45) is 5.92 Å². The zero-order valence-corrected chi connectivity index (χ0v) is 15.9. The molecule has 1 amide bonds. The topological polar surface area (TPSA) is 54.1 Å². The van der Waals surface area contributed by atoms with Gasteiger partial charge >= 0.3 is 0 Å². The molecule has 0 saturated carbocycles. The lowest BCUT2D eigenvalue weighted by Gasteiger charge is -2.18. The molecule has 1 unspecified atom stereocenters. The largest absolute Gasteiger partial charge is 0.497 e. The predicted molar refractivity (Wildman–Crippen MR) is 106 cm³/mol. The number of benzene rings is 2. The Hall–Kier alpha value is -2.82. The molecule has 3 rings (SSSR count). The first-order valence-electron chi connectivity index (χ1n) is 9.15. The minimum atomic E-state index is -0.390. The Morgan fingerprint density at radius 2 is 1.96 bits per heavy atom. The van der Waals surface area contributed by atoms with E-state index >= 15 is 0 Å². The smallest absolute Gasteiger partial charge is 0.220 e. The van der Waals surface area contributed by atoms with Gasteiger partial charge in [-0.05, 0) is 41.3 Å². The summed E-state index contributed by atoms with van der Waals surface area (Å²) < 4.78 is 19.9. The third kappa shape index (κ3) is 4.30. The number of hydrogen-bond acceptors (Lipinski definition) is 2. The number of methoxy groups -OCH3 is 1. The number of carbonyl (C=O) groups excluding carboxylic acids is 1. The number of aromatic nitrogens is 1. The molecule has 0 aliphatic heterocycles. The van der Waals surface area contributed by atoms with E-state index in [1.807, 2.05) is 38.2 Å². The summed E-state index contributed by atoms with van der Waals surface area (Å²) >= 11 is 0. The molecule has 0 fully saturated rings. The van der Waals surface area contributed by atoms with Gasteiger partial charge < -0.3 is 15.0 Å². The fourth-order valence-corrected chi connectivity index (χ4v) is 3.26. The van der Waals surface area contributed by atoms with Crippen LogP contribution in [0.3, 0.4) is 0 Å². The van der Waals surface area contributed by atoms with Gasteiger partial charge in [0, 0.05) is 36.0 Å². The number of rotatable bonds is 7. The number of nitrogens with one attached hydrogen (secondary N) is 2. The molecule has 1 atom stereocenters. The average Bonchev–Trinajstić information content (AvgIpc) is 3.08. The van der Waals surface area contributed by atoms with Crippen LogP contribution in [-0.2, 0) is 4.79 Å². The van der Waals surface area contributed by atoms with Crippen LogP contribution >= 0.6 is 0 Å². The van der Waals surface area contributed by atoms with Gasteiger partial charge in [-0.3, -0.25) is 4.79 Å². The Morgan fingerprint density at radius 1 is 1.19 bits per heavy atom. The predicted octanol–water partition coefficient (Wildman–Crippen LogP) is 4.61. The van der Waals surface area contributed by atoms with E-state index in [0.29, 0.717) is 18.0 Å². The van der Waals surface area contributed by atoms with Crippen molar-refractivity contribution in [1.82, 2.24) is 10.3 Å². The molecule has 3 aromatic rings. The molecule has 0 bridgehead atoms. The Kier molecular flexibility index (Phi) is 5.79.